The molecule has 1 amide bonds. The van der Waals surface area contributed by atoms with E-state index in [0.717, 1.165) is 50.5 Å². The number of likely N-dealkylation sites (tertiary alicyclic amines) is 1. The quantitative estimate of drug-likeness (QED) is 0.911. The van der Waals surface area contributed by atoms with Gasteiger partial charge in [0.2, 0.25) is 0 Å². The van der Waals surface area contributed by atoms with Gasteiger partial charge < -0.3 is 15.2 Å². The molecule has 1 fully saturated rings. The zero-order chi connectivity index (χ0) is 13.8. The van der Waals surface area contributed by atoms with Gasteiger partial charge in [-0.1, -0.05) is 13.8 Å². The topological polar surface area (TPSA) is 51.3 Å². The van der Waals surface area contributed by atoms with E-state index in [4.69, 9.17) is 5.73 Å². The van der Waals surface area contributed by atoms with E-state index in [0.29, 0.717) is 5.69 Å². The maximum atomic E-state index is 12.6. The summed E-state index contributed by atoms with van der Waals surface area (Å²) < 4.78 is 1.99. The fourth-order valence-electron chi connectivity index (χ4n) is 2.77. The van der Waals surface area contributed by atoms with E-state index in [9.17, 15) is 4.79 Å². The molecule has 1 aromatic rings. The Morgan fingerprint density at radius 1 is 1.42 bits per heavy atom. The zero-order valence-electron chi connectivity index (χ0n) is 12.1. The van der Waals surface area contributed by atoms with Crippen molar-refractivity contribution in [3.8, 4) is 0 Å². The smallest absolute Gasteiger partial charge is 0.270 e. The standard InChI is InChI=1S/C15H25N3O/c1-3-7-18-11-13(16)10-14(18)15(19)17-8-4-5-12(2)6-9-17/h10-12H,3-9,16H2,1-2H3. The molecule has 2 N–H and O–H groups in total. The summed E-state index contributed by atoms with van der Waals surface area (Å²) in [7, 11) is 0. The lowest BCUT2D eigenvalue weighted by Crippen LogP contribution is -2.33. The molecule has 1 aliphatic rings. The normalized spacial score (nSPS) is 20.3. The molecule has 0 spiro atoms. The van der Waals surface area contributed by atoms with Crippen LogP contribution in [0.5, 0.6) is 0 Å². The predicted molar refractivity (Wildman–Crippen MR) is 78.1 cm³/mol. The first-order valence-corrected chi connectivity index (χ1v) is 7.36. The van der Waals surface area contributed by atoms with Crippen LogP contribution in [0.4, 0.5) is 5.69 Å². The molecule has 0 radical (unpaired) electrons. The van der Waals surface area contributed by atoms with Gasteiger partial charge in [-0.3, -0.25) is 4.79 Å². The van der Waals surface area contributed by atoms with E-state index in [-0.39, 0.29) is 5.91 Å². The molecule has 1 atom stereocenters. The summed E-state index contributed by atoms with van der Waals surface area (Å²) in [5, 5.41) is 0. The number of aromatic nitrogens is 1. The number of carbonyl (C=O) groups is 1. The van der Waals surface area contributed by atoms with Gasteiger partial charge >= 0.3 is 0 Å². The highest BCUT2D eigenvalue weighted by atomic mass is 16.2. The molecule has 4 nitrogen and oxygen atoms in total. The van der Waals surface area contributed by atoms with E-state index < -0.39 is 0 Å². The zero-order valence-corrected chi connectivity index (χ0v) is 12.1. The van der Waals surface area contributed by atoms with Crippen LogP contribution < -0.4 is 5.73 Å². The molecule has 0 aliphatic carbocycles. The van der Waals surface area contributed by atoms with Crippen molar-refractivity contribution in [2.75, 3.05) is 18.8 Å². The van der Waals surface area contributed by atoms with Gasteiger partial charge in [0.15, 0.2) is 0 Å². The Labute approximate surface area is 115 Å². The maximum absolute atomic E-state index is 12.6. The molecule has 1 saturated heterocycles. The third-order valence-electron chi connectivity index (χ3n) is 3.91. The van der Waals surface area contributed by atoms with Crippen molar-refractivity contribution < 1.29 is 4.79 Å². The average molecular weight is 263 g/mol. The summed E-state index contributed by atoms with van der Waals surface area (Å²) in [5.74, 6) is 0.865. The lowest BCUT2D eigenvalue weighted by molar-refractivity contribution is 0.0749. The van der Waals surface area contributed by atoms with Crippen LogP contribution in [0.3, 0.4) is 0 Å². The molecule has 0 saturated carbocycles. The first-order chi connectivity index (χ1) is 9.11. The highest BCUT2D eigenvalue weighted by Crippen LogP contribution is 2.20. The van der Waals surface area contributed by atoms with Gasteiger partial charge in [-0.25, -0.2) is 0 Å². The Bertz CT molecular complexity index is 439. The molecule has 2 heterocycles. The molecule has 1 aromatic heterocycles. The highest BCUT2D eigenvalue weighted by molar-refractivity contribution is 5.93. The van der Waals surface area contributed by atoms with Crippen molar-refractivity contribution in [1.29, 1.82) is 0 Å². The van der Waals surface area contributed by atoms with E-state index >= 15 is 0 Å². The van der Waals surface area contributed by atoms with Gasteiger partial charge in [0, 0.05) is 25.8 Å². The monoisotopic (exact) mass is 263 g/mol. The van der Waals surface area contributed by atoms with Crippen molar-refractivity contribution >= 4 is 11.6 Å². The van der Waals surface area contributed by atoms with Crippen LogP contribution in [0.15, 0.2) is 12.3 Å². The summed E-state index contributed by atoms with van der Waals surface area (Å²) >= 11 is 0. The van der Waals surface area contributed by atoms with Crippen LogP contribution in [0.1, 0.15) is 50.0 Å². The number of rotatable bonds is 3. The third-order valence-corrected chi connectivity index (χ3v) is 3.91. The molecule has 0 bridgehead atoms. The second kappa shape index (κ2) is 6.13. The second-order valence-electron chi connectivity index (χ2n) is 5.68. The Morgan fingerprint density at radius 3 is 2.95 bits per heavy atom. The minimum Gasteiger partial charge on any atom is -0.397 e. The maximum Gasteiger partial charge on any atom is 0.270 e. The van der Waals surface area contributed by atoms with Crippen LogP contribution in [-0.2, 0) is 6.54 Å². The average Bonchev–Trinajstić information content (AvgIpc) is 2.60. The Hall–Kier alpha value is -1.45. The molecule has 19 heavy (non-hydrogen) atoms. The Balaban J connectivity index is 2.14. The number of hydrogen-bond acceptors (Lipinski definition) is 2. The van der Waals surface area contributed by atoms with Crippen LogP contribution in [-0.4, -0.2) is 28.5 Å². The lowest BCUT2D eigenvalue weighted by atomic mass is 10.0. The largest absolute Gasteiger partial charge is 0.397 e. The lowest BCUT2D eigenvalue weighted by Gasteiger charge is -2.21. The minimum atomic E-state index is 0.138. The summed E-state index contributed by atoms with van der Waals surface area (Å²) in [6.45, 7) is 6.98. The second-order valence-corrected chi connectivity index (χ2v) is 5.68. The van der Waals surface area contributed by atoms with Gasteiger partial charge in [0.05, 0.1) is 5.69 Å². The number of nitrogen functional groups attached to an aromatic ring is 1. The van der Waals surface area contributed by atoms with Gasteiger partial charge in [-0.15, -0.1) is 0 Å². The number of carbonyl (C=O) groups excluding carboxylic acids is 1. The molecule has 1 unspecified atom stereocenters. The first-order valence-electron chi connectivity index (χ1n) is 7.36. The van der Waals surface area contributed by atoms with Crippen molar-refractivity contribution in [1.82, 2.24) is 9.47 Å². The van der Waals surface area contributed by atoms with E-state index in [1.54, 1.807) is 0 Å². The number of hydrogen-bond donors (Lipinski definition) is 1. The summed E-state index contributed by atoms with van der Waals surface area (Å²) in [5.41, 5.74) is 7.26. The van der Waals surface area contributed by atoms with Gasteiger partial charge in [0.25, 0.3) is 5.91 Å². The number of anilines is 1. The Kier molecular flexibility index (Phi) is 4.51. The molecular formula is C15H25N3O. The fraction of sp³-hybridized carbons (Fsp3) is 0.667. The van der Waals surface area contributed by atoms with E-state index in [2.05, 4.69) is 13.8 Å². The molecular weight excluding hydrogens is 238 g/mol. The fourth-order valence-corrected chi connectivity index (χ4v) is 2.77. The Morgan fingerprint density at radius 2 is 2.21 bits per heavy atom. The van der Waals surface area contributed by atoms with E-state index in [1.807, 2.05) is 21.7 Å². The molecule has 2 rings (SSSR count). The van der Waals surface area contributed by atoms with Crippen molar-refractivity contribution in [3.63, 3.8) is 0 Å². The van der Waals surface area contributed by atoms with Gasteiger partial charge in [-0.2, -0.15) is 0 Å². The van der Waals surface area contributed by atoms with Gasteiger partial charge in [0.1, 0.15) is 5.69 Å². The summed E-state index contributed by atoms with van der Waals surface area (Å²) in [6.07, 6.45) is 6.32. The van der Waals surface area contributed by atoms with Gasteiger partial charge in [-0.05, 0) is 37.7 Å². The number of nitrogens with two attached hydrogens (primary N) is 1. The van der Waals surface area contributed by atoms with Crippen LogP contribution >= 0.6 is 0 Å². The van der Waals surface area contributed by atoms with Crippen LogP contribution in [0.25, 0.3) is 0 Å². The number of amides is 1. The summed E-state index contributed by atoms with van der Waals surface area (Å²) in [6, 6.07) is 1.81. The van der Waals surface area contributed by atoms with Crippen LogP contribution in [0.2, 0.25) is 0 Å². The SMILES string of the molecule is CCCn1cc(N)cc1C(=O)N1CCCC(C)CC1. The van der Waals surface area contributed by atoms with E-state index in [1.165, 1.54) is 6.42 Å². The highest BCUT2D eigenvalue weighted by Gasteiger charge is 2.22. The third kappa shape index (κ3) is 3.31. The summed E-state index contributed by atoms with van der Waals surface area (Å²) in [4.78, 5) is 14.6. The molecule has 0 aromatic carbocycles. The number of nitrogens with zero attached hydrogens (tertiary/aromatic N) is 2. The van der Waals surface area contributed by atoms with Crippen molar-refractivity contribution in [3.05, 3.63) is 18.0 Å². The van der Waals surface area contributed by atoms with Crippen molar-refractivity contribution in [2.45, 2.75) is 46.1 Å². The predicted octanol–water partition coefficient (Wildman–Crippen LogP) is 2.74. The molecule has 4 heteroatoms. The number of aryl methyl sites for hydroxylation is 1. The minimum absolute atomic E-state index is 0.138. The first kappa shape index (κ1) is 14.0. The molecule has 1 aliphatic heterocycles. The van der Waals surface area contributed by atoms with Crippen LogP contribution in [0, 0.1) is 5.92 Å². The molecule has 106 valence electrons. The van der Waals surface area contributed by atoms with Crippen molar-refractivity contribution in [2.24, 2.45) is 5.92 Å².